The second-order valence-electron chi connectivity index (χ2n) is 5.65. The van der Waals surface area contributed by atoms with Gasteiger partial charge in [-0.25, -0.2) is 0 Å². The number of nitrogens with one attached hydrogen (secondary N) is 1. The first-order chi connectivity index (χ1) is 11.0. The molecule has 0 aromatic heterocycles. The highest BCUT2D eigenvalue weighted by molar-refractivity contribution is 5.53. The summed E-state index contributed by atoms with van der Waals surface area (Å²) in [6, 6.07) is 2.14. The third kappa shape index (κ3) is 4.36. The van der Waals surface area contributed by atoms with E-state index in [1.807, 2.05) is 40.7 Å². The van der Waals surface area contributed by atoms with Crippen LogP contribution in [0.1, 0.15) is 48.9 Å². The number of benzene rings is 1. The number of aromatic hydroxyl groups is 1. The highest BCUT2D eigenvalue weighted by Crippen LogP contribution is 2.37. The van der Waals surface area contributed by atoms with E-state index in [1.54, 1.807) is 0 Å². The molecule has 0 aliphatic carbocycles. The molecule has 1 unspecified atom stereocenters. The number of phenols is 1. The van der Waals surface area contributed by atoms with Crippen LogP contribution in [-0.2, 0) is 6.54 Å². The number of aryl methyl sites for hydroxylation is 1. The summed E-state index contributed by atoms with van der Waals surface area (Å²) < 4.78 is 0. The average molecular weight is 319 g/mol. The maximum Gasteiger partial charge on any atom is 0.123 e. The van der Waals surface area contributed by atoms with Gasteiger partial charge in [0.05, 0.1) is 0 Å². The maximum absolute atomic E-state index is 10.3. The van der Waals surface area contributed by atoms with Crippen molar-refractivity contribution in [1.82, 2.24) is 5.32 Å². The minimum atomic E-state index is -0.359. The molecule has 0 saturated carbocycles. The molecule has 128 valence electrons. The third-order valence-corrected chi connectivity index (χ3v) is 4.23. The summed E-state index contributed by atoms with van der Waals surface area (Å²) in [6.07, 6.45) is 3.34. The molecular formula is C19H29NO3. The van der Waals surface area contributed by atoms with Crippen molar-refractivity contribution in [2.45, 2.75) is 47.1 Å². The molecular weight excluding hydrogens is 290 g/mol. The molecule has 1 aromatic rings. The second kappa shape index (κ2) is 8.75. The Labute approximate surface area is 139 Å². The molecule has 0 radical (unpaired) electrons. The van der Waals surface area contributed by atoms with Gasteiger partial charge in [0.1, 0.15) is 18.1 Å². The van der Waals surface area contributed by atoms with Crippen molar-refractivity contribution < 1.29 is 15.3 Å². The molecule has 1 aliphatic rings. The van der Waals surface area contributed by atoms with Gasteiger partial charge in [-0.15, -0.1) is 0 Å². The van der Waals surface area contributed by atoms with Crippen molar-refractivity contribution in [1.29, 1.82) is 0 Å². The van der Waals surface area contributed by atoms with Gasteiger partial charge in [0, 0.05) is 24.6 Å². The average Bonchev–Trinajstić information content (AvgIpc) is 2.58. The first kappa shape index (κ1) is 19.3. The minimum Gasteiger partial charge on any atom is -0.510 e. The van der Waals surface area contributed by atoms with Crippen LogP contribution in [0.5, 0.6) is 5.75 Å². The Morgan fingerprint density at radius 3 is 2.57 bits per heavy atom. The van der Waals surface area contributed by atoms with Crippen LogP contribution in [0.3, 0.4) is 0 Å². The predicted molar refractivity (Wildman–Crippen MR) is 94.9 cm³/mol. The van der Waals surface area contributed by atoms with E-state index in [9.17, 15) is 10.2 Å². The van der Waals surface area contributed by atoms with Crippen molar-refractivity contribution in [2.75, 3.05) is 13.2 Å². The first-order valence-electron chi connectivity index (χ1n) is 8.15. The fraction of sp³-hybridized carbons (Fsp3) is 0.474. The van der Waals surface area contributed by atoms with Crippen LogP contribution in [-0.4, -0.2) is 28.5 Å². The molecule has 0 amide bonds. The summed E-state index contributed by atoms with van der Waals surface area (Å²) >= 11 is 0. The van der Waals surface area contributed by atoms with Gasteiger partial charge < -0.3 is 20.6 Å². The van der Waals surface area contributed by atoms with E-state index < -0.39 is 0 Å². The van der Waals surface area contributed by atoms with E-state index in [4.69, 9.17) is 5.11 Å². The molecule has 1 heterocycles. The van der Waals surface area contributed by atoms with Crippen LogP contribution in [0.25, 0.3) is 0 Å². The summed E-state index contributed by atoms with van der Waals surface area (Å²) in [5.74, 6) is 0.478. The summed E-state index contributed by atoms with van der Waals surface area (Å²) in [4.78, 5) is 0. The second-order valence-corrected chi connectivity index (χ2v) is 5.65. The van der Waals surface area contributed by atoms with Crippen LogP contribution in [0.4, 0.5) is 0 Å². The Hall–Kier alpha value is -1.78. The number of rotatable bonds is 3. The summed E-state index contributed by atoms with van der Waals surface area (Å²) in [5.41, 5.74) is 5.18. The minimum absolute atomic E-state index is 0.0544. The van der Waals surface area contributed by atoms with Gasteiger partial charge in [-0.05, 0) is 43.5 Å². The van der Waals surface area contributed by atoms with Gasteiger partial charge in [-0.1, -0.05) is 31.6 Å². The Morgan fingerprint density at radius 1 is 1.30 bits per heavy atom. The maximum atomic E-state index is 10.3. The number of aliphatic hydroxyl groups excluding tert-OH is 2. The largest absolute Gasteiger partial charge is 0.510 e. The molecule has 1 atom stereocenters. The Kier molecular flexibility index (Phi) is 7.33. The van der Waals surface area contributed by atoms with E-state index in [1.165, 1.54) is 6.08 Å². The number of hydrogen-bond acceptors (Lipinski definition) is 4. The Bertz CT molecular complexity index is 603. The normalized spacial score (nSPS) is 18.1. The van der Waals surface area contributed by atoms with Crippen molar-refractivity contribution in [3.8, 4) is 5.75 Å². The third-order valence-electron chi connectivity index (χ3n) is 4.23. The number of fused-ring (bicyclic) bond motifs is 1. The monoisotopic (exact) mass is 319 g/mol. The summed E-state index contributed by atoms with van der Waals surface area (Å²) in [5, 5.41) is 31.8. The Balaban J connectivity index is 0.00000127. The number of allylic oxidation sites excluding steroid dienone is 2. The van der Waals surface area contributed by atoms with E-state index in [0.717, 1.165) is 34.4 Å². The molecule has 0 bridgehead atoms. The van der Waals surface area contributed by atoms with Gasteiger partial charge >= 0.3 is 0 Å². The van der Waals surface area contributed by atoms with E-state index in [0.29, 0.717) is 12.3 Å². The van der Waals surface area contributed by atoms with E-state index >= 15 is 0 Å². The number of aliphatic hydroxyl groups is 2. The van der Waals surface area contributed by atoms with Gasteiger partial charge in [0.2, 0.25) is 0 Å². The van der Waals surface area contributed by atoms with Gasteiger partial charge in [-0.3, -0.25) is 0 Å². The lowest BCUT2D eigenvalue weighted by molar-refractivity contribution is 0.253. The molecule has 4 heteroatoms. The lowest BCUT2D eigenvalue weighted by Crippen LogP contribution is -2.29. The molecule has 2 rings (SSSR count). The standard InChI is InChI=1S/C17H23NO3.C2H6/c1-10(4-5-13(20)9-19)15-7-18-8-16-14(15)6-11(2)12(3)17(16)21;1-2/h4-6,15,18-21H,7-9H2,1-3H3;1-2H3/b10-4+,13-5+;. The molecule has 23 heavy (non-hydrogen) atoms. The lowest BCUT2D eigenvalue weighted by atomic mass is 9.83. The van der Waals surface area contributed by atoms with E-state index in [2.05, 4.69) is 11.4 Å². The van der Waals surface area contributed by atoms with Gasteiger partial charge in [0.25, 0.3) is 0 Å². The zero-order chi connectivity index (χ0) is 17.6. The lowest BCUT2D eigenvalue weighted by Gasteiger charge is -2.29. The zero-order valence-electron chi connectivity index (χ0n) is 14.8. The van der Waals surface area contributed by atoms with Gasteiger partial charge in [0.15, 0.2) is 0 Å². The molecule has 4 nitrogen and oxygen atoms in total. The summed E-state index contributed by atoms with van der Waals surface area (Å²) in [6.45, 7) is 11.0. The topological polar surface area (TPSA) is 72.7 Å². The molecule has 4 N–H and O–H groups in total. The van der Waals surface area contributed by atoms with Crippen LogP contribution in [0.15, 0.2) is 29.6 Å². The smallest absolute Gasteiger partial charge is 0.123 e. The van der Waals surface area contributed by atoms with Crippen LogP contribution >= 0.6 is 0 Å². The van der Waals surface area contributed by atoms with Crippen molar-refractivity contribution >= 4 is 0 Å². The highest BCUT2D eigenvalue weighted by Gasteiger charge is 2.24. The van der Waals surface area contributed by atoms with Crippen molar-refractivity contribution in [3.63, 3.8) is 0 Å². The van der Waals surface area contributed by atoms with Crippen LogP contribution in [0, 0.1) is 13.8 Å². The molecule has 1 aromatic carbocycles. The fourth-order valence-electron chi connectivity index (χ4n) is 2.73. The molecule has 0 fully saturated rings. The predicted octanol–water partition coefficient (Wildman–Crippen LogP) is 3.60. The first-order valence-corrected chi connectivity index (χ1v) is 8.15. The Morgan fingerprint density at radius 2 is 1.96 bits per heavy atom. The molecule has 1 aliphatic heterocycles. The highest BCUT2D eigenvalue weighted by atomic mass is 16.3. The van der Waals surface area contributed by atoms with Gasteiger partial charge in [-0.2, -0.15) is 0 Å². The van der Waals surface area contributed by atoms with Crippen LogP contribution in [0.2, 0.25) is 0 Å². The quantitative estimate of drug-likeness (QED) is 0.507. The fourth-order valence-corrected chi connectivity index (χ4v) is 2.73. The van der Waals surface area contributed by atoms with Crippen LogP contribution < -0.4 is 5.32 Å². The zero-order valence-corrected chi connectivity index (χ0v) is 14.8. The van der Waals surface area contributed by atoms with Crippen molar-refractivity contribution in [2.24, 2.45) is 0 Å². The summed E-state index contributed by atoms with van der Waals surface area (Å²) in [7, 11) is 0. The SMILES string of the molecule is C/C(=C\C=C(\O)CO)C1CNCc2c1cc(C)c(C)c2O.CC. The molecule has 0 spiro atoms. The number of phenolic OH excluding ortho intramolecular Hbond substituents is 1. The van der Waals surface area contributed by atoms with E-state index in [-0.39, 0.29) is 18.3 Å². The number of hydrogen-bond donors (Lipinski definition) is 4. The van der Waals surface area contributed by atoms with Crippen molar-refractivity contribution in [3.05, 3.63) is 51.8 Å². The molecule has 0 saturated heterocycles.